The van der Waals surface area contributed by atoms with Crippen molar-refractivity contribution >= 4 is 60.3 Å². The second kappa shape index (κ2) is 42.8. The van der Waals surface area contributed by atoms with Gasteiger partial charge in [-0.25, -0.2) is 4.79 Å². The molecule has 69 heavy (non-hydrogen) atoms. The van der Waals surface area contributed by atoms with Crippen LogP contribution in [0.25, 0.3) is 0 Å². The fourth-order valence-corrected chi connectivity index (χ4v) is 8.36. The maximum Gasteiger partial charge on any atom is 0.326 e. The van der Waals surface area contributed by atoms with E-state index in [2.05, 4.69) is 44.1 Å². The summed E-state index contributed by atoms with van der Waals surface area (Å²) < 4.78 is 13.3. The maximum atomic E-state index is 13.0. The van der Waals surface area contributed by atoms with Crippen molar-refractivity contribution in [3.8, 4) is 0 Å². The van der Waals surface area contributed by atoms with Crippen molar-refractivity contribution in [1.82, 2.24) is 31.3 Å². The quantitative estimate of drug-likeness (QED) is 0.0263. The zero-order chi connectivity index (χ0) is 50.7. The van der Waals surface area contributed by atoms with E-state index in [0.717, 1.165) is 51.4 Å². The molecule has 0 bridgehead atoms. The summed E-state index contributed by atoms with van der Waals surface area (Å²) in [6, 6.07) is -1.93. The molecule has 1 saturated carbocycles. The van der Waals surface area contributed by atoms with Crippen LogP contribution >= 0.6 is 12.8 Å². The van der Waals surface area contributed by atoms with Crippen LogP contribution in [0.4, 0.5) is 0 Å². The number of unbranched alkanes of at least 4 members (excludes halogenated alkanes) is 16. The van der Waals surface area contributed by atoms with Gasteiger partial charge in [-0.1, -0.05) is 103 Å². The fourth-order valence-electron chi connectivity index (χ4n) is 8.12. The molecular weight excluding hydrogens is 913 g/mol. The van der Waals surface area contributed by atoms with Crippen molar-refractivity contribution in [2.75, 3.05) is 52.6 Å². The number of carbonyl (C=O) groups is 8. The topological polar surface area (TPSA) is 288 Å². The molecule has 0 aromatic heterocycles. The van der Waals surface area contributed by atoms with Crippen molar-refractivity contribution < 1.29 is 63.1 Å². The van der Waals surface area contributed by atoms with Crippen LogP contribution in [-0.2, 0) is 47.8 Å². The Bertz CT molecular complexity index is 1450. The number of aliphatic carboxylic acids is 3. The van der Waals surface area contributed by atoms with Gasteiger partial charge in [-0.2, -0.15) is 0 Å². The largest absolute Gasteiger partial charge is 0.481 e. The Morgan fingerprint density at radius 3 is 1.35 bits per heavy atom. The van der Waals surface area contributed by atoms with Gasteiger partial charge in [-0.3, -0.25) is 38.3 Å². The third-order valence-electron chi connectivity index (χ3n) is 12.4. The standard InChI is InChI=1S/C49H88N6O13S/c56-42(20-15-13-11-9-7-5-3-1-2-4-6-8-10-12-14-16-21-46(60)61)53-37-38-22-24-39(25-23-38)47(62)54-40(48(63)64)26-27-43(57)51-31-33-67-35-36-68-34-32-52-45(59)29-28-44(58)50-30-18-17-19-41(55-69)49(65)66/h38-41,55,69H,1-37H2,(H,50,58)(H,51,57)(H,52,59)(H,53,56)(H,54,62)(H,60,61)(H,63,64)(H,65,66)/t38?,39?,40-,41-/m0/s1. The minimum atomic E-state index is -1.20. The first kappa shape index (κ1) is 63.0. The number of carboxylic acid groups (broad SMARTS) is 3. The average Bonchev–Trinajstić information content (AvgIpc) is 3.32. The van der Waals surface area contributed by atoms with Crippen LogP contribution in [0.3, 0.4) is 0 Å². The van der Waals surface area contributed by atoms with Gasteiger partial charge in [-0.05, 0) is 70.1 Å². The molecule has 9 N–H and O–H groups in total. The van der Waals surface area contributed by atoms with E-state index in [1.165, 1.54) is 64.2 Å². The SMILES string of the molecule is O=C(O)CCCCCCCCCCCCCCCCCCC(=O)NCC1CCC(C(=O)N[C@@H](CCC(=O)NCCOCCOCCNC(=O)CCC(=O)NCCCC[C@H](NS)C(=O)O)C(=O)O)CC1. The van der Waals surface area contributed by atoms with Crippen molar-refractivity contribution in [3.05, 3.63) is 0 Å². The Morgan fingerprint density at radius 2 is 0.884 bits per heavy atom. The molecule has 2 atom stereocenters. The van der Waals surface area contributed by atoms with Gasteiger partial charge in [0.15, 0.2) is 0 Å². The molecule has 1 fully saturated rings. The number of hydrogen-bond acceptors (Lipinski definition) is 12. The first-order valence-corrected chi connectivity index (χ1v) is 26.4. The summed E-state index contributed by atoms with van der Waals surface area (Å²) in [6.07, 6.45) is 23.8. The molecule has 0 spiro atoms. The summed E-state index contributed by atoms with van der Waals surface area (Å²) in [5.41, 5.74) is 0. The first-order valence-electron chi connectivity index (χ1n) is 25.9. The molecule has 1 aliphatic rings. The summed E-state index contributed by atoms with van der Waals surface area (Å²) in [5, 5.41) is 41.1. The lowest BCUT2D eigenvalue weighted by Gasteiger charge is -2.28. The first-order chi connectivity index (χ1) is 33.3. The molecule has 0 aromatic rings. The second-order valence-electron chi connectivity index (χ2n) is 18.3. The van der Waals surface area contributed by atoms with Crippen molar-refractivity contribution in [2.24, 2.45) is 11.8 Å². The lowest BCUT2D eigenvalue weighted by atomic mass is 9.81. The minimum Gasteiger partial charge on any atom is -0.481 e. The summed E-state index contributed by atoms with van der Waals surface area (Å²) in [5.74, 6) is -4.08. The molecule has 1 rings (SSSR count). The summed E-state index contributed by atoms with van der Waals surface area (Å²) in [6.45, 7) is 2.40. The normalized spacial score (nSPS) is 15.4. The van der Waals surface area contributed by atoms with E-state index in [0.29, 0.717) is 51.6 Å². The molecule has 0 unspecified atom stereocenters. The number of rotatable bonds is 46. The summed E-state index contributed by atoms with van der Waals surface area (Å²) in [4.78, 5) is 95.1. The van der Waals surface area contributed by atoms with E-state index in [1.807, 2.05) is 0 Å². The third-order valence-corrected chi connectivity index (χ3v) is 12.7. The van der Waals surface area contributed by atoms with Crippen LogP contribution in [0.5, 0.6) is 0 Å². The molecule has 0 aliphatic heterocycles. The number of hydrogen-bond donors (Lipinski definition) is 10. The number of nitrogens with one attached hydrogen (secondary N) is 6. The van der Waals surface area contributed by atoms with E-state index < -0.39 is 30.0 Å². The molecule has 0 radical (unpaired) electrons. The minimum absolute atomic E-state index is 0.0243. The molecule has 19 nitrogen and oxygen atoms in total. The van der Waals surface area contributed by atoms with Gasteiger partial charge in [-0.15, -0.1) is 0 Å². The fraction of sp³-hybridized carbons (Fsp3) is 0.837. The third kappa shape index (κ3) is 37.5. The van der Waals surface area contributed by atoms with Crippen LogP contribution in [-0.4, -0.2) is 127 Å². The molecule has 0 saturated heterocycles. The highest BCUT2D eigenvalue weighted by atomic mass is 32.1. The Hall–Kier alpha value is -4.01. The smallest absolute Gasteiger partial charge is 0.326 e. The lowest BCUT2D eigenvalue weighted by molar-refractivity contribution is -0.143. The van der Waals surface area contributed by atoms with Gasteiger partial charge in [0.1, 0.15) is 12.1 Å². The van der Waals surface area contributed by atoms with Crippen LogP contribution < -0.4 is 31.3 Å². The Balaban J connectivity index is 2.00. The Labute approximate surface area is 416 Å². The molecule has 0 aromatic carbocycles. The number of thiol groups is 1. The highest BCUT2D eigenvalue weighted by Crippen LogP contribution is 2.29. The molecule has 20 heteroatoms. The molecule has 0 heterocycles. The molecular formula is C49H88N6O13S. The molecule has 398 valence electrons. The van der Waals surface area contributed by atoms with Crippen LogP contribution in [0, 0.1) is 11.8 Å². The predicted molar refractivity (Wildman–Crippen MR) is 265 cm³/mol. The van der Waals surface area contributed by atoms with E-state index in [1.54, 1.807) is 0 Å². The second-order valence-corrected chi connectivity index (χ2v) is 18.6. The van der Waals surface area contributed by atoms with E-state index in [4.69, 9.17) is 19.7 Å². The molecule has 5 amide bonds. The van der Waals surface area contributed by atoms with Gasteiger partial charge in [0.05, 0.1) is 26.4 Å². The summed E-state index contributed by atoms with van der Waals surface area (Å²) >= 11 is 3.78. The number of carboxylic acids is 3. The number of carbonyl (C=O) groups excluding carboxylic acids is 5. The Morgan fingerprint density at radius 1 is 0.449 bits per heavy atom. The van der Waals surface area contributed by atoms with Crippen molar-refractivity contribution in [2.45, 2.75) is 198 Å². The molecule has 1 aliphatic carbocycles. The predicted octanol–water partition coefficient (Wildman–Crippen LogP) is 5.58. The van der Waals surface area contributed by atoms with E-state index in [9.17, 15) is 43.5 Å². The van der Waals surface area contributed by atoms with Crippen molar-refractivity contribution in [1.29, 1.82) is 0 Å². The zero-order valence-corrected chi connectivity index (χ0v) is 42.2. The van der Waals surface area contributed by atoms with E-state index in [-0.39, 0.29) is 113 Å². The highest BCUT2D eigenvalue weighted by molar-refractivity contribution is 7.78. The lowest BCUT2D eigenvalue weighted by Crippen LogP contribution is -2.45. The average molecular weight is 1000 g/mol. The highest BCUT2D eigenvalue weighted by Gasteiger charge is 2.30. The van der Waals surface area contributed by atoms with Gasteiger partial charge >= 0.3 is 17.9 Å². The van der Waals surface area contributed by atoms with Gasteiger partial charge in [0.25, 0.3) is 0 Å². The number of ether oxygens (including phenoxy) is 2. The van der Waals surface area contributed by atoms with E-state index >= 15 is 0 Å². The zero-order valence-electron chi connectivity index (χ0n) is 41.3. The van der Waals surface area contributed by atoms with Gasteiger partial charge in [0.2, 0.25) is 29.5 Å². The maximum absolute atomic E-state index is 13.0. The number of amides is 5. The Kier molecular flexibility index (Phi) is 39.1. The van der Waals surface area contributed by atoms with Crippen LogP contribution in [0.1, 0.15) is 186 Å². The summed E-state index contributed by atoms with van der Waals surface area (Å²) in [7, 11) is 0. The van der Waals surface area contributed by atoms with Gasteiger partial charge < -0.3 is 51.4 Å². The van der Waals surface area contributed by atoms with Gasteiger partial charge in [0, 0.05) is 64.2 Å². The van der Waals surface area contributed by atoms with Crippen LogP contribution in [0.15, 0.2) is 0 Å². The van der Waals surface area contributed by atoms with Crippen LogP contribution in [0.2, 0.25) is 0 Å². The monoisotopic (exact) mass is 1000 g/mol. The van der Waals surface area contributed by atoms with Crippen molar-refractivity contribution in [3.63, 3.8) is 0 Å².